The van der Waals surface area contributed by atoms with Crippen molar-refractivity contribution >= 4 is 21.8 Å². The molecule has 3 rings (SSSR count). The minimum absolute atomic E-state index is 0.0241. The molecule has 4 nitrogen and oxygen atoms in total. The SMILES string of the molecule is Cc1cccc(OCC(=O)NCc2ccc(-c3ccc(Br)cc3)o2)c1. The molecule has 0 spiro atoms. The molecule has 1 heterocycles. The molecular weight excluding hydrogens is 382 g/mol. The summed E-state index contributed by atoms with van der Waals surface area (Å²) in [4.78, 5) is 11.9. The van der Waals surface area contributed by atoms with Gasteiger partial charge in [-0.3, -0.25) is 4.79 Å². The monoisotopic (exact) mass is 399 g/mol. The number of carbonyl (C=O) groups is 1. The van der Waals surface area contributed by atoms with Gasteiger partial charge >= 0.3 is 0 Å². The smallest absolute Gasteiger partial charge is 0.258 e. The van der Waals surface area contributed by atoms with Gasteiger partial charge in [0, 0.05) is 10.0 Å². The summed E-state index contributed by atoms with van der Waals surface area (Å²) in [6.45, 7) is 2.28. The Morgan fingerprint density at radius 3 is 2.68 bits per heavy atom. The maximum Gasteiger partial charge on any atom is 0.258 e. The van der Waals surface area contributed by atoms with Crippen molar-refractivity contribution in [3.8, 4) is 17.1 Å². The zero-order valence-electron chi connectivity index (χ0n) is 13.8. The Balaban J connectivity index is 1.50. The highest BCUT2D eigenvalue weighted by molar-refractivity contribution is 9.10. The number of hydrogen-bond acceptors (Lipinski definition) is 3. The van der Waals surface area contributed by atoms with Crippen LogP contribution in [0.5, 0.6) is 5.75 Å². The molecule has 0 fully saturated rings. The van der Waals surface area contributed by atoms with E-state index >= 15 is 0 Å². The predicted molar refractivity (Wildman–Crippen MR) is 100 cm³/mol. The van der Waals surface area contributed by atoms with Gasteiger partial charge in [0.1, 0.15) is 17.3 Å². The maximum atomic E-state index is 11.9. The van der Waals surface area contributed by atoms with Crippen molar-refractivity contribution in [2.75, 3.05) is 6.61 Å². The molecule has 1 N–H and O–H groups in total. The maximum absolute atomic E-state index is 11.9. The van der Waals surface area contributed by atoms with Gasteiger partial charge in [0.05, 0.1) is 6.54 Å². The van der Waals surface area contributed by atoms with Gasteiger partial charge in [-0.15, -0.1) is 0 Å². The number of halogens is 1. The van der Waals surface area contributed by atoms with E-state index in [1.807, 2.05) is 67.6 Å². The van der Waals surface area contributed by atoms with Crippen LogP contribution < -0.4 is 10.1 Å². The molecule has 0 saturated heterocycles. The number of carbonyl (C=O) groups excluding carboxylic acids is 1. The van der Waals surface area contributed by atoms with Gasteiger partial charge in [0.25, 0.3) is 5.91 Å². The lowest BCUT2D eigenvalue weighted by atomic mass is 10.2. The summed E-state index contributed by atoms with van der Waals surface area (Å²) in [5.41, 5.74) is 2.08. The summed E-state index contributed by atoms with van der Waals surface area (Å²) in [7, 11) is 0. The van der Waals surface area contributed by atoms with Crippen molar-refractivity contribution in [3.63, 3.8) is 0 Å². The van der Waals surface area contributed by atoms with Crippen molar-refractivity contribution < 1.29 is 13.9 Å². The fraction of sp³-hybridized carbons (Fsp3) is 0.150. The van der Waals surface area contributed by atoms with Crippen molar-refractivity contribution in [2.24, 2.45) is 0 Å². The van der Waals surface area contributed by atoms with Gasteiger partial charge < -0.3 is 14.5 Å². The molecule has 1 aromatic heterocycles. The second kappa shape index (κ2) is 8.03. The van der Waals surface area contributed by atoms with E-state index in [4.69, 9.17) is 9.15 Å². The van der Waals surface area contributed by atoms with Crippen LogP contribution in [0.4, 0.5) is 0 Å². The van der Waals surface area contributed by atoms with Crippen LogP contribution in [0, 0.1) is 6.92 Å². The third kappa shape index (κ3) is 4.97. The highest BCUT2D eigenvalue weighted by Gasteiger charge is 2.07. The zero-order chi connectivity index (χ0) is 17.6. The van der Waals surface area contributed by atoms with Crippen LogP contribution >= 0.6 is 15.9 Å². The number of amides is 1. The van der Waals surface area contributed by atoms with E-state index < -0.39 is 0 Å². The second-order valence-electron chi connectivity index (χ2n) is 5.65. The lowest BCUT2D eigenvalue weighted by Gasteiger charge is -2.07. The molecule has 128 valence electrons. The number of furan rings is 1. The van der Waals surface area contributed by atoms with Gasteiger partial charge in [-0.25, -0.2) is 0 Å². The van der Waals surface area contributed by atoms with E-state index in [1.165, 1.54) is 0 Å². The van der Waals surface area contributed by atoms with E-state index in [-0.39, 0.29) is 12.5 Å². The zero-order valence-corrected chi connectivity index (χ0v) is 15.4. The summed E-state index contributed by atoms with van der Waals surface area (Å²) >= 11 is 3.41. The topological polar surface area (TPSA) is 51.5 Å². The van der Waals surface area contributed by atoms with Gasteiger partial charge in [-0.05, 0) is 48.9 Å². The van der Waals surface area contributed by atoms with Crippen molar-refractivity contribution in [1.82, 2.24) is 5.32 Å². The van der Waals surface area contributed by atoms with Gasteiger partial charge in [0.2, 0.25) is 0 Å². The first kappa shape index (κ1) is 17.3. The summed E-state index contributed by atoms with van der Waals surface area (Å²) < 4.78 is 12.3. The Bertz CT molecular complexity index is 855. The van der Waals surface area contributed by atoms with E-state index in [9.17, 15) is 4.79 Å². The summed E-state index contributed by atoms with van der Waals surface area (Å²) in [6.07, 6.45) is 0. The first-order valence-corrected chi connectivity index (χ1v) is 8.70. The van der Waals surface area contributed by atoms with Crippen LogP contribution in [0.25, 0.3) is 11.3 Å². The quantitative estimate of drug-likeness (QED) is 0.652. The van der Waals surface area contributed by atoms with Gasteiger partial charge in [-0.2, -0.15) is 0 Å². The Morgan fingerprint density at radius 2 is 1.92 bits per heavy atom. The minimum Gasteiger partial charge on any atom is -0.484 e. The van der Waals surface area contributed by atoms with Crippen LogP contribution in [0.3, 0.4) is 0 Å². The second-order valence-corrected chi connectivity index (χ2v) is 6.57. The van der Waals surface area contributed by atoms with Crippen LogP contribution in [-0.4, -0.2) is 12.5 Å². The number of rotatable bonds is 6. The molecule has 0 aliphatic heterocycles. The van der Waals surface area contributed by atoms with E-state index in [1.54, 1.807) is 0 Å². The molecule has 0 saturated carbocycles. The third-order valence-corrected chi connectivity index (χ3v) is 4.14. The van der Waals surface area contributed by atoms with Crippen molar-refractivity contribution in [2.45, 2.75) is 13.5 Å². The fourth-order valence-electron chi connectivity index (χ4n) is 2.33. The van der Waals surface area contributed by atoms with E-state index in [0.29, 0.717) is 18.1 Å². The molecular formula is C20H18BrNO3. The molecule has 3 aromatic rings. The van der Waals surface area contributed by atoms with Crippen molar-refractivity contribution in [1.29, 1.82) is 0 Å². The lowest BCUT2D eigenvalue weighted by Crippen LogP contribution is -2.28. The summed E-state index contributed by atoms with van der Waals surface area (Å²) in [6, 6.07) is 19.2. The Kier molecular flexibility index (Phi) is 5.56. The molecule has 0 aliphatic rings. The van der Waals surface area contributed by atoms with Crippen LogP contribution in [0.2, 0.25) is 0 Å². The fourth-order valence-corrected chi connectivity index (χ4v) is 2.60. The lowest BCUT2D eigenvalue weighted by molar-refractivity contribution is -0.123. The number of aryl methyl sites for hydroxylation is 1. The normalized spacial score (nSPS) is 10.5. The van der Waals surface area contributed by atoms with Crippen LogP contribution in [0.15, 0.2) is 69.6 Å². The molecule has 25 heavy (non-hydrogen) atoms. The largest absolute Gasteiger partial charge is 0.484 e. The average Bonchev–Trinajstić information content (AvgIpc) is 3.08. The van der Waals surface area contributed by atoms with Crippen LogP contribution in [0.1, 0.15) is 11.3 Å². The van der Waals surface area contributed by atoms with Gasteiger partial charge in [-0.1, -0.05) is 40.2 Å². The molecule has 0 unspecified atom stereocenters. The summed E-state index contributed by atoms with van der Waals surface area (Å²) in [5, 5.41) is 2.79. The molecule has 2 aromatic carbocycles. The third-order valence-electron chi connectivity index (χ3n) is 3.61. The van der Waals surface area contributed by atoms with Gasteiger partial charge in [0.15, 0.2) is 6.61 Å². The first-order valence-electron chi connectivity index (χ1n) is 7.91. The average molecular weight is 400 g/mol. The van der Waals surface area contributed by atoms with Crippen molar-refractivity contribution in [3.05, 3.63) is 76.5 Å². The molecule has 0 aliphatic carbocycles. The molecule has 5 heteroatoms. The molecule has 0 atom stereocenters. The standard InChI is InChI=1S/C20H18BrNO3/c1-14-3-2-4-17(11-14)24-13-20(23)22-12-18-9-10-19(25-18)15-5-7-16(21)8-6-15/h2-11H,12-13H2,1H3,(H,22,23). The number of hydrogen-bond donors (Lipinski definition) is 1. The number of benzene rings is 2. The van der Waals surface area contributed by atoms with E-state index in [0.717, 1.165) is 21.4 Å². The molecule has 0 bridgehead atoms. The Morgan fingerprint density at radius 1 is 1.12 bits per heavy atom. The highest BCUT2D eigenvalue weighted by Crippen LogP contribution is 2.23. The van der Waals surface area contributed by atoms with E-state index in [2.05, 4.69) is 21.2 Å². The first-order chi connectivity index (χ1) is 12.1. The number of nitrogens with one attached hydrogen (secondary N) is 1. The highest BCUT2D eigenvalue weighted by atomic mass is 79.9. The van der Waals surface area contributed by atoms with Crippen LogP contribution in [-0.2, 0) is 11.3 Å². The Labute approximate surface area is 154 Å². The molecule has 1 amide bonds. The predicted octanol–water partition coefficient (Wildman–Crippen LogP) is 4.71. The Hall–Kier alpha value is -2.53. The summed E-state index contributed by atoms with van der Waals surface area (Å²) in [5.74, 6) is 1.96. The number of ether oxygens (including phenoxy) is 1. The molecule has 0 radical (unpaired) electrons. The minimum atomic E-state index is -0.192.